The molecule has 5 rings (SSSR count). The normalized spacial score (nSPS) is 20.2. The number of rotatable bonds is 5. The standard InChI is InChI=1S/C22H19N5O2S3/c23-15-19(28)27-16(14(11-31-20(15)27)18-25-26-22(24)32-18)21(30)29-17(12-7-3-1-4-8-12)13-9-5-2-6-10-13/h1-10,15,17,20H,11,23H2,(H2,24,26)/t15-,20-/m1/s1. The third-order valence-electron chi connectivity index (χ3n) is 5.33. The van der Waals surface area contributed by atoms with Crippen LogP contribution in [0.5, 0.6) is 0 Å². The van der Waals surface area contributed by atoms with E-state index in [2.05, 4.69) is 10.2 Å². The molecule has 2 aliphatic heterocycles. The van der Waals surface area contributed by atoms with Crippen LogP contribution in [0.4, 0.5) is 5.13 Å². The third-order valence-corrected chi connectivity index (χ3v) is 7.73. The number of fused-ring (bicyclic) bond motifs is 1. The summed E-state index contributed by atoms with van der Waals surface area (Å²) in [5.41, 5.74) is 15.1. The summed E-state index contributed by atoms with van der Waals surface area (Å²) < 4.78 is 6.41. The fourth-order valence-corrected chi connectivity index (χ4v) is 6.13. The second-order valence-electron chi connectivity index (χ2n) is 7.31. The molecule has 2 atom stereocenters. The molecule has 162 valence electrons. The molecular formula is C22H19N5O2S3. The van der Waals surface area contributed by atoms with Crippen LogP contribution in [-0.2, 0) is 9.53 Å². The lowest BCUT2D eigenvalue weighted by atomic mass is 10.0. The van der Waals surface area contributed by atoms with Gasteiger partial charge in [0.05, 0.1) is 0 Å². The number of hydrogen-bond acceptors (Lipinski definition) is 9. The van der Waals surface area contributed by atoms with Crippen molar-refractivity contribution in [1.82, 2.24) is 15.1 Å². The van der Waals surface area contributed by atoms with E-state index in [-0.39, 0.29) is 16.3 Å². The number of carbonyl (C=O) groups excluding carboxylic acids is 1. The molecule has 0 saturated carbocycles. The van der Waals surface area contributed by atoms with Crippen molar-refractivity contribution in [3.63, 3.8) is 0 Å². The molecule has 3 aromatic rings. The van der Waals surface area contributed by atoms with Crippen LogP contribution < -0.4 is 11.5 Å². The van der Waals surface area contributed by atoms with Crippen molar-refractivity contribution in [2.45, 2.75) is 17.5 Å². The Morgan fingerprint density at radius 1 is 1.09 bits per heavy atom. The molecule has 0 radical (unpaired) electrons. The lowest BCUT2D eigenvalue weighted by Gasteiger charge is -2.48. The van der Waals surface area contributed by atoms with E-state index < -0.39 is 12.1 Å². The summed E-state index contributed by atoms with van der Waals surface area (Å²) in [7, 11) is 0. The number of nitrogens with two attached hydrogens (primary N) is 2. The molecule has 4 N–H and O–H groups in total. The van der Waals surface area contributed by atoms with Gasteiger partial charge >= 0.3 is 0 Å². The predicted octanol–water partition coefficient (Wildman–Crippen LogP) is 3.21. The van der Waals surface area contributed by atoms with Gasteiger partial charge < -0.3 is 16.2 Å². The Morgan fingerprint density at radius 3 is 2.28 bits per heavy atom. The average Bonchev–Trinajstić information content (AvgIpc) is 3.28. The molecule has 1 aromatic heterocycles. The van der Waals surface area contributed by atoms with Crippen molar-refractivity contribution >= 4 is 57.0 Å². The SMILES string of the molecule is Nc1nnc(C2=C(C(=S)OC(c3ccccc3)c3ccccc3)N3C(=O)[C@@H](N)[C@H]3SC2)s1. The van der Waals surface area contributed by atoms with Crippen molar-refractivity contribution in [3.8, 4) is 0 Å². The maximum Gasteiger partial charge on any atom is 0.248 e. The van der Waals surface area contributed by atoms with E-state index >= 15 is 0 Å². The van der Waals surface area contributed by atoms with Gasteiger partial charge in [0.25, 0.3) is 0 Å². The van der Waals surface area contributed by atoms with Crippen LogP contribution >= 0.6 is 35.3 Å². The van der Waals surface area contributed by atoms with E-state index in [0.717, 1.165) is 16.7 Å². The highest BCUT2D eigenvalue weighted by atomic mass is 32.2. The minimum absolute atomic E-state index is 0.181. The first-order valence-corrected chi connectivity index (χ1v) is 12.2. The molecule has 0 aliphatic carbocycles. The number of anilines is 1. The number of nitrogens with zero attached hydrogens (tertiary/aromatic N) is 3. The third kappa shape index (κ3) is 3.69. The molecule has 7 nitrogen and oxygen atoms in total. The number of ether oxygens (including phenoxy) is 1. The first-order valence-electron chi connectivity index (χ1n) is 9.88. The number of thioether (sulfide) groups is 1. The van der Waals surface area contributed by atoms with Crippen molar-refractivity contribution in [2.24, 2.45) is 5.73 Å². The summed E-state index contributed by atoms with van der Waals surface area (Å²) in [6.45, 7) is 0. The molecule has 1 amide bonds. The Kier molecular flexibility index (Phi) is 5.68. The molecule has 3 heterocycles. The highest BCUT2D eigenvalue weighted by Gasteiger charge is 2.52. The number of hydrogen-bond donors (Lipinski definition) is 2. The zero-order valence-corrected chi connectivity index (χ0v) is 19.2. The van der Waals surface area contributed by atoms with E-state index in [1.54, 1.807) is 16.7 Å². The summed E-state index contributed by atoms with van der Waals surface area (Å²) in [5, 5.41) is 9.12. The van der Waals surface area contributed by atoms with Gasteiger partial charge in [-0.2, -0.15) is 0 Å². The van der Waals surface area contributed by atoms with Gasteiger partial charge in [-0.3, -0.25) is 9.69 Å². The Hall–Kier alpha value is -2.79. The van der Waals surface area contributed by atoms with Gasteiger partial charge in [-0.1, -0.05) is 72.0 Å². The molecule has 2 aliphatic rings. The van der Waals surface area contributed by atoms with Crippen LogP contribution in [0.15, 0.2) is 66.4 Å². The largest absolute Gasteiger partial charge is 0.469 e. The smallest absolute Gasteiger partial charge is 0.248 e. The summed E-state index contributed by atoms with van der Waals surface area (Å²) >= 11 is 8.62. The first kappa shape index (κ1) is 21.1. The highest BCUT2D eigenvalue weighted by molar-refractivity contribution is 8.00. The molecule has 0 bridgehead atoms. The van der Waals surface area contributed by atoms with Gasteiger partial charge in [0.15, 0.2) is 0 Å². The summed E-state index contributed by atoms with van der Waals surface area (Å²) in [6.07, 6.45) is -0.434. The molecule has 0 spiro atoms. The predicted molar refractivity (Wildman–Crippen MR) is 131 cm³/mol. The Balaban J connectivity index is 1.56. The Labute approximate surface area is 198 Å². The number of carbonyl (C=O) groups is 1. The van der Waals surface area contributed by atoms with Crippen molar-refractivity contribution in [2.75, 3.05) is 11.5 Å². The van der Waals surface area contributed by atoms with Gasteiger partial charge in [0, 0.05) is 11.3 Å². The van der Waals surface area contributed by atoms with Crippen LogP contribution in [0, 0.1) is 0 Å². The maximum absolute atomic E-state index is 12.7. The van der Waals surface area contributed by atoms with E-state index in [9.17, 15) is 4.79 Å². The second-order valence-corrected chi connectivity index (χ2v) is 9.80. The molecule has 2 aromatic carbocycles. The van der Waals surface area contributed by atoms with Crippen molar-refractivity contribution in [1.29, 1.82) is 0 Å². The van der Waals surface area contributed by atoms with Crippen LogP contribution in [0.25, 0.3) is 5.57 Å². The van der Waals surface area contributed by atoms with E-state index in [4.69, 9.17) is 28.4 Å². The number of nitrogen functional groups attached to an aromatic ring is 1. The molecule has 32 heavy (non-hydrogen) atoms. The van der Waals surface area contributed by atoms with Crippen molar-refractivity contribution < 1.29 is 9.53 Å². The van der Waals surface area contributed by atoms with Crippen molar-refractivity contribution in [3.05, 3.63) is 82.5 Å². The Morgan fingerprint density at radius 2 is 1.72 bits per heavy atom. The lowest BCUT2D eigenvalue weighted by molar-refractivity contribution is -0.140. The molecule has 1 saturated heterocycles. The molecular weight excluding hydrogens is 462 g/mol. The van der Waals surface area contributed by atoms with Crippen LogP contribution in [-0.4, -0.2) is 43.2 Å². The molecule has 1 fully saturated rings. The average molecular weight is 482 g/mol. The van der Waals surface area contributed by atoms with Gasteiger partial charge in [-0.15, -0.1) is 22.0 Å². The van der Waals surface area contributed by atoms with Crippen LogP contribution in [0.3, 0.4) is 0 Å². The number of amides is 1. The first-order chi connectivity index (χ1) is 15.5. The minimum atomic E-state index is -0.558. The number of thiocarbonyl (C=S) groups is 1. The van der Waals surface area contributed by atoms with Gasteiger partial charge in [0.1, 0.15) is 28.2 Å². The van der Waals surface area contributed by atoms with E-state index in [0.29, 0.717) is 21.6 Å². The van der Waals surface area contributed by atoms with E-state index in [1.165, 1.54) is 11.3 Å². The quantitative estimate of drug-likeness (QED) is 0.423. The van der Waals surface area contributed by atoms with Gasteiger partial charge in [0.2, 0.25) is 16.1 Å². The lowest BCUT2D eigenvalue weighted by Crippen LogP contribution is -2.68. The summed E-state index contributed by atoms with van der Waals surface area (Å²) in [6, 6.07) is 19.1. The maximum atomic E-state index is 12.7. The number of aromatic nitrogens is 2. The van der Waals surface area contributed by atoms with Gasteiger partial charge in [-0.25, -0.2) is 0 Å². The summed E-state index contributed by atoms with van der Waals surface area (Å²) in [4.78, 5) is 14.3. The zero-order valence-electron chi connectivity index (χ0n) is 16.8. The fraction of sp³-hybridized carbons (Fsp3) is 0.182. The molecule has 10 heteroatoms. The monoisotopic (exact) mass is 481 g/mol. The second kappa shape index (κ2) is 8.62. The number of benzene rings is 2. The summed E-state index contributed by atoms with van der Waals surface area (Å²) in [5.74, 6) is 0.394. The van der Waals surface area contributed by atoms with Crippen LogP contribution in [0.1, 0.15) is 22.2 Å². The van der Waals surface area contributed by atoms with Gasteiger partial charge in [-0.05, 0) is 23.3 Å². The van der Waals surface area contributed by atoms with Crippen LogP contribution in [0.2, 0.25) is 0 Å². The number of β-lactam (4-membered cyclic amide) rings is 1. The Bertz CT molecular complexity index is 1160. The zero-order chi connectivity index (χ0) is 22.2. The highest BCUT2D eigenvalue weighted by Crippen LogP contribution is 2.44. The van der Waals surface area contributed by atoms with E-state index in [1.807, 2.05) is 60.7 Å². The minimum Gasteiger partial charge on any atom is -0.469 e. The topological polar surface area (TPSA) is 107 Å². The fourth-order valence-electron chi connectivity index (χ4n) is 3.77. The molecule has 0 unspecified atom stereocenters.